The van der Waals surface area contributed by atoms with E-state index < -0.39 is 33.3 Å². The molecular formula is C22H31F3N2O3S. The van der Waals surface area contributed by atoms with E-state index in [-0.39, 0.29) is 59.7 Å². The van der Waals surface area contributed by atoms with E-state index in [0.717, 1.165) is 18.9 Å². The minimum absolute atomic E-state index is 0.00935. The normalized spacial score (nSPS) is 24.6. The van der Waals surface area contributed by atoms with Crippen molar-refractivity contribution in [1.82, 2.24) is 4.90 Å². The van der Waals surface area contributed by atoms with Gasteiger partial charge in [-0.05, 0) is 55.6 Å². The molecule has 0 radical (unpaired) electrons. The summed E-state index contributed by atoms with van der Waals surface area (Å²) in [5, 5.41) is 0. The van der Waals surface area contributed by atoms with Crippen LogP contribution in [0.5, 0.6) is 0 Å². The number of amides is 1. The number of hydrogen-bond donors (Lipinski definition) is 1. The van der Waals surface area contributed by atoms with Crippen molar-refractivity contribution < 1.29 is 26.4 Å². The minimum atomic E-state index is -3.26. The number of hydrogen-bond acceptors (Lipinski definition) is 4. The smallest absolute Gasteiger partial charge is 0.224 e. The molecule has 1 aromatic carbocycles. The van der Waals surface area contributed by atoms with E-state index in [2.05, 4.69) is 0 Å². The average Bonchev–Trinajstić information content (AvgIpc) is 2.92. The second-order valence-electron chi connectivity index (χ2n) is 9.40. The molecule has 2 bridgehead atoms. The number of carbonyl (C=O) groups excluding carboxylic acids is 1. The maximum atomic E-state index is 14.0. The molecule has 0 aliphatic carbocycles. The van der Waals surface area contributed by atoms with Crippen LogP contribution in [0.15, 0.2) is 12.1 Å². The van der Waals surface area contributed by atoms with E-state index in [1.165, 1.54) is 0 Å². The zero-order valence-corrected chi connectivity index (χ0v) is 18.8. The van der Waals surface area contributed by atoms with Crippen molar-refractivity contribution >= 4 is 15.7 Å². The molecule has 4 atom stereocenters. The number of benzene rings is 1. The molecule has 0 spiro atoms. The predicted molar refractivity (Wildman–Crippen MR) is 112 cm³/mol. The van der Waals surface area contributed by atoms with Crippen LogP contribution in [0.2, 0.25) is 0 Å². The molecule has 5 nitrogen and oxygen atoms in total. The molecule has 2 heterocycles. The van der Waals surface area contributed by atoms with Crippen LogP contribution in [-0.2, 0) is 21.1 Å². The third kappa shape index (κ3) is 5.80. The average molecular weight is 461 g/mol. The molecule has 2 saturated heterocycles. The Hall–Kier alpha value is -1.61. The fraction of sp³-hybridized carbons (Fsp3) is 0.682. The van der Waals surface area contributed by atoms with E-state index in [1.54, 1.807) is 0 Å². The van der Waals surface area contributed by atoms with Gasteiger partial charge in [-0.25, -0.2) is 21.6 Å². The van der Waals surface area contributed by atoms with Crippen molar-refractivity contribution in [3.05, 3.63) is 35.1 Å². The van der Waals surface area contributed by atoms with Gasteiger partial charge < -0.3 is 10.6 Å². The number of sulfone groups is 1. The molecule has 0 saturated carbocycles. The van der Waals surface area contributed by atoms with Gasteiger partial charge in [-0.2, -0.15) is 0 Å². The highest BCUT2D eigenvalue weighted by molar-refractivity contribution is 7.91. The summed E-state index contributed by atoms with van der Waals surface area (Å²) in [6, 6.07) is 0.936. The van der Waals surface area contributed by atoms with Gasteiger partial charge in [0.2, 0.25) is 5.91 Å². The summed E-state index contributed by atoms with van der Waals surface area (Å²) < 4.78 is 64.9. The van der Waals surface area contributed by atoms with Crippen molar-refractivity contribution in [3.63, 3.8) is 0 Å². The zero-order valence-electron chi connectivity index (χ0n) is 18.0. The number of carbonyl (C=O) groups is 1. The first-order valence-corrected chi connectivity index (χ1v) is 12.7. The lowest BCUT2D eigenvalue weighted by Gasteiger charge is -2.41. The van der Waals surface area contributed by atoms with E-state index >= 15 is 0 Å². The van der Waals surface area contributed by atoms with Crippen molar-refractivity contribution in [2.75, 3.05) is 11.5 Å². The highest BCUT2D eigenvalue weighted by Gasteiger charge is 2.44. The van der Waals surface area contributed by atoms with Crippen LogP contribution in [0, 0.1) is 29.3 Å². The third-order valence-electron chi connectivity index (χ3n) is 6.42. The SMILES string of the molecule is CC(C)CS(=O)(=O)CCC(=O)N1[C@@H]2CC[C@H]1C[C@@H]([C@H](N)Cc1cc(F)c(F)cc1F)C2. The van der Waals surface area contributed by atoms with E-state index in [4.69, 9.17) is 5.73 Å². The summed E-state index contributed by atoms with van der Waals surface area (Å²) in [5.41, 5.74) is 6.36. The van der Waals surface area contributed by atoms with E-state index in [9.17, 15) is 26.4 Å². The van der Waals surface area contributed by atoms with Crippen LogP contribution in [0.4, 0.5) is 13.2 Å². The first-order valence-electron chi connectivity index (χ1n) is 10.9. The zero-order chi connectivity index (χ0) is 22.9. The molecule has 1 amide bonds. The monoisotopic (exact) mass is 460 g/mol. The molecular weight excluding hydrogens is 429 g/mol. The number of halogens is 3. The topological polar surface area (TPSA) is 80.5 Å². The molecule has 2 N–H and O–H groups in total. The second kappa shape index (κ2) is 9.48. The van der Waals surface area contributed by atoms with Crippen molar-refractivity contribution in [2.45, 2.75) is 70.5 Å². The Bertz CT molecular complexity index is 909. The Kier molecular flexibility index (Phi) is 7.35. The van der Waals surface area contributed by atoms with Gasteiger partial charge >= 0.3 is 0 Å². The predicted octanol–water partition coefficient (Wildman–Crippen LogP) is 3.20. The third-order valence-corrected chi connectivity index (χ3v) is 8.42. The molecule has 0 aromatic heterocycles. The fourth-order valence-corrected chi connectivity index (χ4v) is 6.75. The molecule has 3 rings (SSSR count). The van der Waals surface area contributed by atoms with Crippen molar-refractivity contribution in [1.29, 1.82) is 0 Å². The lowest BCUT2D eigenvalue weighted by atomic mass is 9.82. The van der Waals surface area contributed by atoms with Crippen LogP contribution < -0.4 is 5.73 Å². The van der Waals surface area contributed by atoms with Gasteiger partial charge in [-0.15, -0.1) is 0 Å². The molecule has 9 heteroatoms. The Balaban J connectivity index is 1.59. The Morgan fingerprint density at radius 2 is 1.68 bits per heavy atom. The van der Waals surface area contributed by atoms with Gasteiger partial charge in [0.25, 0.3) is 0 Å². The quantitative estimate of drug-likeness (QED) is 0.604. The largest absolute Gasteiger partial charge is 0.337 e. The summed E-state index contributed by atoms with van der Waals surface area (Å²) in [4.78, 5) is 14.6. The Morgan fingerprint density at radius 1 is 1.10 bits per heavy atom. The van der Waals surface area contributed by atoms with Crippen molar-refractivity contribution in [2.24, 2.45) is 17.6 Å². The highest BCUT2D eigenvalue weighted by Crippen LogP contribution is 2.40. The molecule has 1 aromatic rings. The molecule has 31 heavy (non-hydrogen) atoms. The highest BCUT2D eigenvalue weighted by atomic mass is 32.2. The maximum absolute atomic E-state index is 14.0. The maximum Gasteiger partial charge on any atom is 0.224 e. The van der Waals surface area contributed by atoms with Gasteiger partial charge in [0, 0.05) is 30.6 Å². The molecule has 0 unspecified atom stereocenters. The standard InChI is InChI=1S/C22H31F3N2O3S/c1-13(2)12-31(29,30)6-5-22(28)27-16-3-4-17(27)8-15(7-16)21(26)10-14-9-19(24)20(25)11-18(14)23/h9,11,13,15-17,21H,3-8,10,12,26H2,1-2H3/t15-,16+,17-,21-/m1/s1. The van der Waals surface area contributed by atoms with Gasteiger partial charge in [0.05, 0.1) is 11.5 Å². The van der Waals surface area contributed by atoms with Crippen molar-refractivity contribution in [3.8, 4) is 0 Å². The molecule has 2 fully saturated rings. The molecule has 2 aliphatic rings. The minimum Gasteiger partial charge on any atom is -0.337 e. The van der Waals surface area contributed by atoms with Crippen LogP contribution in [-0.4, -0.2) is 48.9 Å². The molecule has 2 aliphatic heterocycles. The molecule has 174 valence electrons. The number of rotatable bonds is 8. The number of piperidine rings is 1. The summed E-state index contributed by atoms with van der Waals surface area (Å²) >= 11 is 0. The van der Waals surface area contributed by atoms with Crippen LogP contribution >= 0.6 is 0 Å². The van der Waals surface area contributed by atoms with Crippen LogP contribution in [0.25, 0.3) is 0 Å². The lowest BCUT2D eigenvalue weighted by molar-refractivity contribution is -0.136. The van der Waals surface area contributed by atoms with Gasteiger partial charge in [0.1, 0.15) is 5.82 Å². The summed E-state index contributed by atoms with van der Waals surface area (Å²) in [7, 11) is -3.26. The number of nitrogens with two attached hydrogens (primary N) is 1. The first kappa shape index (κ1) is 24.0. The number of nitrogens with zero attached hydrogens (tertiary/aromatic N) is 1. The summed E-state index contributed by atoms with van der Waals surface area (Å²) in [6.45, 7) is 3.67. The Morgan fingerprint density at radius 3 is 2.26 bits per heavy atom. The van der Waals surface area contributed by atoms with E-state index in [0.29, 0.717) is 18.9 Å². The van der Waals surface area contributed by atoms with Crippen LogP contribution in [0.1, 0.15) is 51.5 Å². The fourth-order valence-electron chi connectivity index (χ4n) is 5.08. The second-order valence-corrected chi connectivity index (χ2v) is 11.6. The van der Waals surface area contributed by atoms with Gasteiger partial charge in [0.15, 0.2) is 21.5 Å². The summed E-state index contributed by atoms with van der Waals surface area (Å²) in [5.74, 6) is -3.30. The van der Waals surface area contributed by atoms with Gasteiger partial charge in [-0.1, -0.05) is 13.8 Å². The van der Waals surface area contributed by atoms with Gasteiger partial charge in [-0.3, -0.25) is 4.79 Å². The number of fused-ring (bicyclic) bond motifs is 2. The van der Waals surface area contributed by atoms with Crippen LogP contribution in [0.3, 0.4) is 0 Å². The first-order chi connectivity index (χ1) is 14.5. The Labute approximate surface area is 182 Å². The summed E-state index contributed by atoms with van der Waals surface area (Å²) in [6.07, 6.45) is 3.03. The lowest BCUT2D eigenvalue weighted by Crippen LogP contribution is -2.50. The van der Waals surface area contributed by atoms with E-state index in [1.807, 2.05) is 18.7 Å².